The largest absolute Gasteiger partial charge is 0.308 e. The zero-order valence-corrected chi connectivity index (χ0v) is 23.2. The summed E-state index contributed by atoms with van der Waals surface area (Å²) in [6, 6.07) is 41.8. The van der Waals surface area contributed by atoms with Crippen molar-refractivity contribution in [3.63, 3.8) is 0 Å². The smallest absolute Gasteiger partial charge is 0.261 e. The van der Waals surface area contributed by atoms with Crippen LogP contribution >= 0.6 is 0 Å². The van der Waals surface area contributed by atoms with Crippen LogP contribution in [0, 0.1) is 6.92 Å². The number of para-hydroxylation sites is 3. The van der Waals surface area contributed by atoms with Crippen molar-refractivity contribution in [3.8, 4) is 27.9 Å². The quantitative estimate of drug-likeness (QED) is 0.223. The number of benzene rings is 5. The molecular weight excluding hydrogens is 514 g/mol. The van der Waals surface area contributed by atoms with Crippen molar-refractivity contribution in [1.29, 1.82) is 0 Å². The van der Waals surface area contributed by atoms with E-state index >= 15 is 0 Å². The summed E-state index contributed by atoms with van der Waals surface area (Å²) in [6.45, 7) is 2.62. The van der Waals surface area contributed by atoms with Gasteiger partial charge in [0.15, 0.2) is 0 Å². The van der Waals surface area contributed by atoms with Crippen LogP contribution in [0.2, 0.25) is 0 Å². The molecule has 0 atom stereocenters. The summed E-state index contributed by atoms with van der Waals surface area (Å²) < 4.78 is 2.29. The molecule has 0 unspecified atom stereocenters. The van der Waals surface area contributed by atoms with Crippen LogP contribution in [0.5, 0.6) is 0 Å². The van der Waals surface area contributed by atoms with Crippen LogP contribution in [0.1, 0.15) is 21.5 Å². The Balaban J connectivity index is 1.37. The van der Waals surface area contributed by atoms with Crippen LogP contribution in [0.25, 0.3) is 49.7 Å². The molecule has 0 aliphatic carbocycles. The molecule has 200 valence electrons. The van der Waals surface area contributed by atoms with Crippen LogP contribution < -0.4 is 4.90 Å². The monoisotopic (exact) mass is 541 g/mol. The topological polar surface area (TPSA) is 38.1 Å². The second kappa shape index (κ2) is 9.57. The standard InChI is InChI=1S/C38H27N3O/c1-25-23-39-22-21-28(25)31-16-10-17-32-30-15-6-8-19-34(30)41(37(31)32)35-20-9-13-27-24-40(38(42)36(27)35)33-18-7-5-14-29(33)26-11-3-2-4-12-26/h2-23H,24H2,1H3. The van der Waals surface area contributed by atoms with Gasteiger partial charge in [0.1, 0.15) is 0 Å². The molecule has 0 saturated carbocycles. The first-order valence-corrected chi connectivity index (χ1v) is 14.2. The number of carbonyl (C=O) groups excluding carboxylic acids is 1. The number of hydrogen-bond donors (Lipinski definition) is 0. The van der Waals surface area contributed by atoms with E-state index in [4.69, 9.17) is 0 Å². The molecule has 0 radical (unpaired) electrons. The fourth-order valence-electron chi connectivity index (χ4n) is 6.56. The maximum Gasteiger partial charge on any atom is 0.261 e. The van der Waals surface area contributed by atoms with Gasteiger partial charge in [-0.05, 0) is 53.4 Å². The number of carbonyl (C=O) groups is 1. The number of hydrogen-bond acceptors (Lipinski definition) is 2. The van der Waals surface area contributed by atoms with E-state index in [-0.39, 0.29) is 5.91 Å². The molecule has 3 heterocycles. The van der Waals surface area contributed by atoms with Crippen molar-refractivity contribution < 1.29 is 4.79 Å². The molecule has 5 aromatic carbocycles. The van der Waals surface area contributed by atoms with Gasteiger partial charge in [0, 0.05) is 34.3 Å². The minimum atomic E-state index is 0.0208. The number of rotatable bonds is 4. The van der Waals surface area contributed by atoms with Gasteiger partial charge < -0.3 is 9.47 Å². The fourth-order valence-corrected chi connectivity index (χ4v) is 6.56. The molecule has 8 rings (SSSR count). The van der Waals surface area contributed by atoms with E-state index in [9.17, 15) is 4.79 Å². The summed E-state index contributed by atoms with van der Waals surface area (Å²) in [7, 11) is 0. The number of pyridine rings is 1. The molecular formula is C38H27N3O. The molecule has 0 bridgehead atoms. The van der Waals surface area contributed by atoms with Gasteiger partial charge in [-0.1, -0.05) is 97.1 Å². The average Bonchev–Trinajstić information content (AvgIpc) is 3.57. The maximum absolute atomic E-state index is 14.5. The molecule has 4 heteroatoms. The summed E-state index contributed by atoms with van der Waals surface area (Å²) in [5.41, 5.74) is 11.3. The lowest BCUT2D eigenvalue weighted by molar-refractivity contribution is 0.0997. The first-order chi connectivity index (χ1) is 20.7. The average molecular weight is 542 g/mol. The molecule has 0 N–H and O–H groups in total. The molecule has 0 spiro atoms. The number of amides is 1. The highest BCUT2D eigenvalue weighted by atomic mass is 16.2. The highest BCUT2D eigenvalue weighted by molar-refractivity contribution is 6.17. The van der Waals surface area contributed by atoms with Crippen molar-refractivity contribution in [1.82, 2.24) is 9.55 Å². The molecule has 0 saturated heterocycles. The SMILES string of the molecule is Cc1cnccc1-c1cccc2c3ccccc3n(-c3cccc4c3C(=O)N(c3ccccc3-c3ccccc3)C4)c12. The third-order valence-corrected chi connectivity index (χ3v) is 8.44. The van der Waals surface area contributed by atoms with Crippen molar-refractivity contribution in [2.75, 3.05) is 4.90 Å². The van der Waals surface area contributed by atoms with Gasteiger partial charge in [0.05, 0.1) is 34.5 Å². The van der Waals surface area contributed by atoms with Crippen molar-refractivity contribution in [2.45, 2.75) is 13.5 Å². The van der Waals surface area contributed by atoms with E-state index in [0.29, 0.717) is 6.54 Å². The lowest BCUT2D eigenvalue weighted by Crippen LogP contribution is -2.24. The van der Waals surface area contributed by atoms with Crippen LogP contribution in [0.15, 0.2) is 134 Å². The van der Waals surface area contributed by atoms with Gasteiger partial charge in [0.2, 0.25) is 0 Å². The Labute approximate surface area is 244 Å². The third kappa shape index (κ3) is 3.62. The van der Waals surface area contributed by atoms with E-state index in [2.05, 4.69) is 107 Å². The molecule has 4 nitrogen and oxygen atoms in total. The zero-order valence-electron chi connectivity index (χ0n) is 23.2. The lowest BCUT2D eigenvalue weighted by atomic mass is 9.99. The Bertz CT molecular complexity index is 2160. The molecule has 1 aliphatic rings. The molecule has 42 heavy (non-hydrogen) atoms. The predicted octanol–water partition coefficient (Wildman–Crippen LogP) is 8.98. The van der Waals surface area contributed by atoms with Crippen LogP contribution in [-0.2, 0) is 6.54 Å². The second-order valence-corrected chi connectivity index (χ2v) is 10.8. The molecule has 1 aliphatic heterocycles. The number of aryl methyl sites for hydroxylation is 1. The van der Waals surface area contributed by atoms with Crippen LogP contribution in [0.4, 0.5) is 5.69 Å². The van der Waals surface area contributed by atoms with E-state index in [1.807, 2.05) is 47.6 Å². The van der Waals surface area contributed by atoms with E-state index in [1.165, 1.54) is 0 Å². The highest BCUT2D eigenvalue weighted by Gasteiger charge is 2.33. The Morgan fingerprint density at radius 2 is 1.36 bits per heavy atom. The minimum Gasteiger partial charge on any atom is -0.308 e. The Morgan fingerprint density at radius 1 is 0.643 bits per heavy atom. The van der Waals surface area contributed by atoms with Crippen molar-refractivity contribution >= 4 is 33.4 Å². The number of nitrogens with zero attached hydrogens (tertiary/aromatic N) is 3. The van der Waals surface area contributed by atoms with Crippen LogP contribution in [-0.4, -0.2) is 15.5 Å². The van der Waals surface area contributed by atoms with E-state index in [1.54, 1.807) is 0 Å². The predicted molar refractivity (Wildman–Crippen MR) is 171 cm³/mol. The third-order valence-electron chi connectivity index (χ3n) is 8.44. The number of anilines is 1. The second-order valence-electron chi connectivity index (χ2n) is 10.8. The maximum atomic E-state index is 14.5. The summed E-state index contributed by atoms with van der Waals surface area (Å²) in [6.07, 6.45) is 3.76. The fraction of sp³-hybridized carbons (Fsp3) is 0.0526. The van der Waals surface area contributed by atoms with Crippen LogP contribution in [0.3, 0.4) is 0 Å². The number of fused-ring (bicyclic) bond motifs is 4. The van der Waals surface area contributed by atoms with E-state index < -0.39 is 0 Å². The van der Waals surface area contributed by atoms with Gasteiger partial charge in [0.25, 0.3) is 5.91 Å². The van der Waals surface area contributed by atoms with Gasteiger partial charge >= 0.3 is 0 Å². The van der Waals surface area contributed by atoms with Gasteiger partial charge in [-0.3, -0.25) is 9.78 Å². The highest BCUT2D eigenvalue weighted by Crippen LogP contribution is 2.42. The first-order valence-electron chi connectivity index (χ1n) is 14.2. The van der Waals surface area contributed by atoms with Gasteiger partial charge in [-0.25, -0.2) is 0 Å². The summed E-state index contributed by atoms with van der Waals surface area (Å²) in [4.78, 5) is 20.8. The Hall–Kier alpha value is -5.48. The zero-order chi connectivity index (χ0) is 28.2. The number of aromatic nitrogens is 2. The minimum absolute atomic E-state index is 0.0208. The molecule has 1 amide bonds. The summed E-state index contributed by atoms with van der Waals surface area (Å²) in [5, 5.41) is 2.32. The van der Waals surface area contributed by atoms with E-state index in [0.717, 1.165) is 72.1 Å². The van der Waals surface area contributed by atoms with Gasteiger partial charge in [-0.15, -0.1) is 0 Å². The van der Waals surface area contributed by atoms with Crippen molar-refractivity contribution in [3.05, 3.63) is 150 Å². The Kier molecular flexibility index (Phi) is 5.54. The molecule has 0 fully saturated rings. The normalized spacial score (nSPS) is 12.8. The summed E-state index contributed by atoms with van der Waals surface area (Å²) >= 11 is 0. The summed E-state index contributed by atoms with van der Waals surface area (Å²) in [5.74, 6) is 0.0208. The molecule has 2 aromatic heterocycles. The Morgan fingerprint density at radius 3 is 2.24 bits per heavy atom. The first kappa shape index (κ1) is 24.3. The van der Waals surface area contributed by atoms with Crippen molar-refractivity contribution in [2.24, 2.45) is 0 Å². The lowest BCUT2D eigenvalue weighted by Gasteiger charge is -2.20. The van der Waals surface area contributed by atoms with Gasteiger partial charge in [-0.2, -0.15) is 0 Å². The molecule has 7 aromatic rings.